The number of ether oxygens (including phenoxy) is 1. The maximum atomic E-state index is 11.7. The van der Waals surface area contributed by atoms with Crippen molar-refractivity contribution in [1.82, 2.24) is 0 Å². The van der Waals surface area contributed by atoms with Gasteiger partial charge in [0.05, 0.1) is 6.61 Å². The number of nitrogens with zero attached hydrogens (tertiary/aromatic N) is 2. The molecule has 0 aromatic heterocycles. The molecular formula is C16H17N3O3. The summed E-state index contributed by atoms with van der Waals surface area (Å²) in [7, 11) is 0. The van der Waals surface area contributed by atoms with Gasteiger partial charge in [-0.15, -0.1) is 0 Å². The third-order valence-electron chi connectivity index (χ3n) is 3.23. The first-order chi connectivity index (χ1) is 10.7. The topological polar surface area (TPSA) is 82.4 Å². The van der Waals surface area contributed by atoms with Gasteiger partial charge < -0.3 is 15.0 Å². The van der Waals surface area contributed by atoms with Crippen molar-refractivity contribution in [2.75, 3.05) is 23.4 Å². The van der Waals surface area contributed by atoms with E-state index in [0.717, 1.165) is 12.1 Å². The first-order valence-corrected chi connectivity index (χ1v) is 7.10. The maximum absolute atomic E-state index is 11.7. The van der Waals surface area contributed by atoms with Crippen LogP contribution < -0.4 is 10.2 Å². The molecule has 1 aromatic carbocycles. The highest BCUT2D eigenvalue weighted by Crippen LogP contribution is 2.24. The lowest BCUT2D eigenvalue weighted by molar-refractivity contribution is -0.138. The maximum Gasteiger partial charge on any atom is 0.350 e. The third-order valence-corrected chi connectivity index (χ3v) is 3.23. The summed E-state index contributed by atoms with van der Waals surface area (Å²) in [5, 5.41) is 11.8. The Morgan fingerprint density at radius 1 is 1.55 bits per heavy atom. The number of amides is 1. The van der Waals surface area contributed by atoms with Crippen molar-refractivity contribution in [1.29, 1.82) is 5.26 Å². The molecule has 0 bridgehead atoms. The van der Waals surface area contributed by atoms with Gasteiger partial charge in [0.15, 0.2) is 5.57 Å². The van der Waals surface area contributed by atoms with Gasteiger partial charge in [-0.25, -0.2) is 4.79 Å². The fraction of sp³-hybridized carbons (Fsp3) is 0.312. The molecule has 0 unspecified atom stereocenters. The SMILES string of the molecule is CCOC(=O)/C(C#N)=C/Nc1cccc(N2CCCC2=O)c1. The van der Waals surface area contributed by atoms with Crippen molar-refractivity contribution in [2.24, 2.45) is 0 Å². The Kier molecular flexibility index (Phi) is 5.15. The van der Waals surface area contributed by atoms with Gasteiger partial charge >= 0.3 is 5.97 Å². The first-order valence-electron chi connectivity index (χ1n) is 7.10. The molecule has 0 saturated carbocycles. The summed E-state index contributed by atoms with van der Waals surface area (Å²) in [5.74, 6) is -0.555. The van der Waals surface area contributed by atoms with Crippen molar-refractivity contribution in [3.8, 4) is 6.07 Å². The molecule has 1 aromatic rings. The molecule has 1 N–H and O–H groups in total. The Morgan fingerprint density at radius 3 is 3.00 bits per heavy atom. The van der Waals surface area contributed by atoms with Gasteiger partial charge in [-0.05, 0) is 31.5 Å². The Labute approximate surface area is 129 Å². The predicted octanol–water partition coefficient (Wildman–Crippen LogP) is 2.20. The largest absolute Gasteiger partial charge is 0.462 e. The second kappa shape index (κ2) is 7.27. The van der Waals surface area contributed by atoms with Gasteiger partial charge in [0, 0.05) is 30.5 Å². The van der Waals surface area contributed by atoms with Gasteiger partial charge in [-0.2, -0.15) is 5.26 Å². The van der Waals surface area contributed by atoms with E-state index in [0.29, 0.717) is 18.7 Å². The van der Waals surface area contributed by atoms with Gasteiger partial charge in [-0.3, -0.25) is 4.79 Å². The zero-order valence-electron chi connectivity index (χ0n) is 12.3. The van der Waals surface area contributed by atoms with Gasteiger partial charge in [-0.1, -0.05) is 6.07 Å². The van der Waals surface area contributed by atoms with E-state index >= 15 is 0 Å². The van der Waals surface area contributed by atoms with Crippen LogP contribution in [0.1, 0.15) is 19.8 Å². The fourth-order valence-corrected chi connectivity index (χ4v) is 2.19. The number of anilines is 2. The second-order valence-electron chi connectivity index (χ2n) is 4.73. The molecular weight excluding hydrogens is 282 g/mol. The minimum Gasteiger partial charge on any atom is -0.462 e. The van der Waals surface area contributed by atoms with E-state index in [-0.39, 0.29) is 18.1 Å². The lowest BCUT2D eigenvalue weighted by Gasteiger charge is -2.16. The van der Waals surface area contributed by atoms with E-state index in [2.05, 4.69) is 5.32 Å². The van der Waals surface area contributed by atoms with E-state index in [1.54, 1.807) is 30.0 Å². The molecule has 1 fully saturated rings. The van der Waals surface area contributed by atoms with Gasteiger partial charge in [0.25, 0.3) is 0 Å². The van der Waals surface area contributed by atoms with Crippen LogP contribution >= 0.6 is 0 Å². The number of rotatable bonds is 5. The number of nitriles is 1. The number of hydrogen-bond acceptors (Lipinski definition) is 5. The summed E-state index contributed by atoms with van der Waals surface area (Å²) in [6, 6.07) is 9.06. The van der Waals surface area contributed by atoms with E-state index in [4.69, 9.17) is 10.00 Å². The van der Waals surface area contributed by atoms with Gasteiger partial charge in [0.2, 0.25) is 5.91 Å². The number of hydrogen-bond donors (Lipinski definition) is 1. The number of benzene rings is 1. The zero-order valence-corrected chi connectivity index (χ0v) is 12.3. The van der Waals surface area contributed by atoms with Crippen molar-refractivity contribution in [2.45, 2.75) is 19.8 Å². The lowest BCUT2D eigenvalue weighted by atomic mass is 10.2. The monoisotopic (exact) mass is 299 g/mol. The lowest BCUT2D eigenvalue weighted by Crippen LogP contribution is -2.23. The van der Waals surface area contributed by atoms with Crippen LogP contribution in [0, 0.1) is 11.3 Å². The van der Waals surface area contributed by atoms with Crippen LogP contribution in [0.3, 0.4) is 0 Å². The highest BCUT2D eigenvalue weighted by Gasteiger charge is 2.21. The summed E-state index contributed by atoms with van der Waals surface area (Å²) < 4.78 is 4.78. The number of carbonyl (C=O) groups is 2. The Hall–Kier alpha value is -2.81. The normalized spacial score (nSPS) is 14.6. The Bertz CT molecular complexity index is 646. The van der Waals surface area contributed by atoms with Crippen LogP contribution in [-0.2, 0) is 14.3 Å². The molecule has 1 aliphatic rings. The molecule has 1 saturated heterocycles. The highest BCUT2D eigenvalue weighted by atomic mass is 16.5. The summed E-state index contributed by atoms with van der Waals surface area (Å²) >= 11 is 0. The van der Waals surface area contributed by atoms with Crippen LogP contribution in [0.25, 0.3) is 0 Å². The van der Waals surface area contributed by atoms with Crippen LogP contribution in [0.4, 0.5) is 11.4 Å². The van der Waals surface area contributed by atoms with Crippen molar-refractivity contribution in [3.05, 3.63) is 36.0 Å². The summed E-state index contributed by atoms with van der Waals surface area (Å²) in [6.07, 6.45) is 2.74. The highest BCUT2D eigenvalue weighted by molar-refractivity contribution is 5.96. The van der Waals surface area contributed by atoms with Crippen LogP contribution in [0.5, 0.6) is 0 Å². The molecule has 6 nitrogen and oxygen atoms in total. The molecule has 0 atom stereocenters. The Morgan fingerprint density at radius 2 is 2.36 bits per heavy atom. The quantitative estimate of drug-likeness (QED) is 0.512. The zero-order chi connectivity index (χ0) is 15.9. The van der Waals surface area contributed by atoms with E-state index in [9.17, 15) is 9.59 Å². The third kappa shape index (κ3) is 3.64. The molecule has 1 amide bonds. The Balaban J connectivity index is 2.12. The van der Waals surface area contributed by atoms with E-state index in [1.807, 2.05) is 12.1 Å². The minimum absolute atomic E-state index is 0.107. The van der Waals surface area contributed by atoms with E-state index in [1.165, 1.54) is 6.20 Å². The average molecular weight is 299 g/mol. The van der Waals surface area contributed by atoms with E-state index < -0.39 is 5.97 Å². The minimum atomic E-state index is -0.664. The molecule has 2 rings (SSSR count). The summed E-state index contributed by atoms with van der Waals surface area (Å²) in [5.41, 5.74) is 1.38. The van der Waals surface area contributed by atoms with Crippen molar-refractivity contribution in [3.63, 3.8) is 0 Å². The molecule has 114 valence electrons. The molecule has 0 aliphatic carbocycles. The molecule has 1 aliphatic heterocycles. The average Bonchev–Trinajstić information content (AvgIpc) is 2.94. The fourth-order valence-electron chi connectivity index (χ4n) is 2.19. The summed E-state index contributed by atoms with van der Waals surface area (Å²) in [6.45, 7) is 2.60. The smallest absolute Gasteiger partial charge is 0.350 e. The number of carbonyl (C=O) groups excluding carboxylic acids is 2. The molecule has 6 heteroatoms. The number of nitrogens with one attached hydrogen (secondary N) is 1. The number of esters is 1. The van der Waals surface area contributed by atoms with Crippen molar-refractivity contribution >= 4 is 23.3 Å². The molecule has 1 heterocycles. The predicted molar refractivity (Wildman–Crippen MR) is 82.0 cm³/mol. The standard InChI is InChI=1S/C16H17N3O3/c1-2-22-16(21)12(10-17)11-18-13-5-3-6-14(9-13)19-8-4-7-15(19)20/h3,5-6,9,11,18H,2,4,7-8H2,1H3/b12-11+. The molecule has 0 radical (unpaired) electrons. The van der Waals surface area contributed by atoms with Crippen LogP contribution in [0.2, 0.25) is 0 Å². The first kappa shape index (κ1) is 15.6. The van der Waals surface area contributed by atoms with Crippen molar-refractivity contribution < 1.29 is 14.3 Å². The molecule has 0 spiro atoms. The van der Waals surface area contributed by atoms with Crippen LogP contribution in [0.15, 0.2) is 36.0 Å². The second-order valence-corrected chi connectivity index (χ2v) is 4.73. The van der Waals surface area contributed by atoms with Gasteiger partial charge in [0.1, 0.15) is 6.07 Å². The molecule has 22 heavy (non-hydrogen) atoms. The summed E-state index contributed by atoms with van der Waals surface area (Å²) in [4.78, 5) is 25.0. The van der Waals surface area contributed by atoms with Crippen LogP contribution in [-0.4, -0.2) is 25.0 Å².